The summed E-state index contributed by atoms with van der Waals surface area (Å²) in [4.78, 5) is 25.6. The van der Waals surface area contributed by atoms with E-state index in [-0.39, 0.29) is 18.0 Å². The summed E-state index contributed by atoms with van der Waals surface area (Å²) in [6, 6.07) is 4.42. The lowest BCUT2D eigenvalue weighted by Gasteiger charge is -2.25. The lowest BCUT2D eigenvalue weighted by atomic mass is 9.88. The van der Waals surface area contributed by atoms with Crippen molar-refractivity contribution in [2.75, 3.05) is 12.8 Å². The molecule has 1 aromatic carbocycles. The number of rotatable bonds is 12. The third-order valence-corrected chi connectivity index (χ3v) is 5.69. The van der Waals surface area contributed by atoms with Crippen LogP contribution < -0.4 is 15.2 Å². The summed E-state index contributed by atoms with van der Waals surface area (Å²) in [5.41, 5.74) is 4.59. The number of hydrogen-bond acceptors (Lipinski definition) is 8. The highest BCUT2D eigenvalue weighted by atomic mass is 32.2. The normalized spacial score (nSPS) is 13.5. The van der Waals surface area contributed by atoms with E-state index in [0.717, 1.165) is 19.1 Å². The molecule has 0 fully saturated rings. The van der Waals surface area contributed by atoms with E-state index < -0.39 is 39.0 Å². The molecule has 182 valence electrons. The van der Waals surface area contributed by atoms with Crippen LogP contribution in [-0.2, 0) is 23.9 Å². The fourth-order valence-electron chi connectivity index (χ4n) is 3.26. The van der Waals surface area contributed by atoms with Crippen molar-refractivity contribution in [1.82, 2.24) is 0 Å². The van der Waals surface area contributed by atoms with Crippen LogP contribution in [0.1, 0.15) is 78.9 Å². The van der Waals surface area contributed by atoms with Gasteiger partial charge in [-0.1, -0.05) is 32.8 Å². The summed E-state index contributed by atoms with van der Waals surface area (Å²) >= 11 is 0. The van der Waals surface area contributed by atoms with Crippen LogP contribution in [-0.4, -0.2) is 33.2 Å². The Balaban J connectivity index is 3.39. The number of esters is 2. The molecular formula is C23H37NO7S. The molecule has 0 saturated heterocycles. The van der Waals surface area contributed by atoms with Crippen molar-refractivity contribution in [2.45, 2.75) is 73.3 Å². The molecule has 0 aliphatic heterocycles. The van der Waals surface area contributed by atoms with E-state index in [4.69, 9.17) is 19.4 Å². The van der Waals surface area contributed by atoms with Crippen LogP contribution in [0.3, 0.4) is 0 Å². The average molecular weight is 472 g/mol. The molecule has 0 saturated carbocycles. The summed E-state index contributed by atoms with van der Waals surface area (Å²) in [5.74, 6) is -0.874. The van der Waals surface area contributed by atoms with Crippen LogP contribution >= 0.6 is 0 Å². The van der Waals surface area contributed by atoms with Crippen molar-refractivity contribution in [3.8, 4) is 11.5 Å². The van der Waals surface area contributed by atoms with Gasteiger partial charge in [0.1, 0.15) is 6.10 Å². The molecule has 1 unspecified atom stereocenters. The minimum absolute atomic E-state index is 0.00729. The van der Waals surface area contributed by atoms with Gasteiger partial charge in [-0.3, -0.25) is 13.8 Å². The van der Waals surface area contributed by atoms with Crippen LogP contribution in [0.15, 0.2) is 18.2 Å². The summed E-state index contributed by atoms with van der Waals surface area (Å²) in [7, 11) is -3.78. The highest BCUT2D eigenvalue weighted by Gasteiger charge is 2.32. The standard InChI is InChI=1S/C23H37NO7S/c1-8-12-22(3,4)20(25)29-17-11-10-16(19(15-24)31-32(7,27)28)14-18(17)30-21(26)23(5,6)13-9-2/h10-11,14,19H,8-9,12-13,15,24H2,1-7H3. The first-order valence-electron chi connectivity index (χ1n) is 10.8. The highest BCUT2D eigenvalue weighted by Crippen LogP contribution is 2.36. The maximum Gasteiger partial charge on any atom is 0.317 e. The van der Waals surface area contributed by atoms with Gasteiger partial charge in [-0.25, -0.2) is 0 Å². The fraction of sp³-hybridized carbons (Fsp3) is 0.652. The summed E-state index contributed by atoms with van der Waals surface area (Å²) in [6.07, 6.45) is 2.76. The second kappa shape index (κ2) is 11.2. The van der Waals surface area contributed by atoms with Gasteiger partial charge < -0.3 is 15.2 Å². The van der Waals surface area contributed by atoms with Gasteiger partial charge in [-0.2, -0.15) is 8.42 Å². The first-order valence-corrected chi connectivity index (χ1v) is 12.6. The van der Waals surface area contributed by atoms with Crippen molar-refractivity contribution in [1.29, 1.82) is 0 Å². The molecule has 0 spiro atoms. The minimum atomic E-state index is -3.78. The predicted molar refractivity (Wildman–Crippen MR) is 123 cm³/mol. The Hall–Kier alpha value is -1.97. The molecule has 0 aliphatic carbocycles. The van der Waals surface area contributed by atoms with E-state index in [1.165, 1.54) is 18.2 Å². The molecule has 0 radical (unpaired) electrons. The Bertz CT molecular complexity index is 907. The van der Waals surface area contributed by atoms with Crippen LogP contribution in [0, 0.1) is 10.8 Å². The highest BCUT2D eigenvalue weighted by molar-refractivity contribution is 7.86. The predicted octanol–water partition coefficient (Wildman–Crippen LogP) is 4.13. The van der Waals surface area contributed by atoms with E-state index in [2.05, 4.69) is 0 Å². The minimum Gasteiger partial charge on any atom is -0.422 e. The zero-order valence-electron chi connectivity index (χ0n) is 20.2. The van der Waals surface area contributed by atoms with Gasteiger partial charge in [-0.05, 0) is 58.2 Å². The lowest BCUT2D eigenvalue weighted by Crippen LogP contribution is -2.31. The Kier molecular flexibility index (Phi) is 9.86. The van der Waals surface area contributed by atoms with E-state index in [1.807, 2.05) is 13.8 Å². The zero-order chi connectivity index (χ0) is 24.7. The molecule has 0 heterocycles. The molecule has 0 aliphatic rings. The molecule has 9 heteroatoms. The fourth-order valence-corrected chi connectivity index (χ4v) is 3.87. The number of benzene rings is 1. The molecular weight excluding hydrogens is 434 g/mol. The largest absolute Gasteiger partial charge is 0.422 e. The third kappa shape index (κ3) is 8.18. The van der Waals surface area contributed by atoms with E-state index in [0.29, 0.717) is 18.4 Å². The second-order valence-corrected chi connectivity index (χ2v) is 10.9. The number of ether oxygens (including phenoxy) is 2. The summed E-state index contributed by atoms with van der Waals surface area (Å²) < 4.78 is 39.5. The third-order valence-electron chi connectivity index (χ3n) is 5.11. The lowest BCUT2D eigenvalue weighted by molar-refractivity contribution is -0.147. The van der Waals surface area contributed by atoms with E-state index in [1.54, 1.807) is 27.7 Å². The van der Waals surface area contributed by atoms with Crippen LogP contribution in [0.25, 0.3) is 0 Å². The Labute approximate surface area is 191 Å². The van der Waals surface area contributed by atoms with Gasteiger partial charge in [0, 0.05) is 6.54 Å². The molecule has 1 rings (SSSR count). The van der Waals surface area contributed by atoms with Crippen molar-refractivity contribution in [2.24, 2.45) is 16.6 Å². The van der Waals surface area contributed by atoms with Crippen LogP contribution in [0.4, 0.5) is 0 Å². The smallest absolute Gasteiger partial charge is 0.317 e. The van der Waals surface area contributed by atoms with Crippen molar-refractivity contribution in [3.05, 3.63) is 23.8 Å². The van der Waals surface area contributed by atoms with Crippen LogP contribution in [0.5, 0.6) is 11.5 Å². The van der Waals surface area contributed by atoms with Crippen molar-refractivity contribution in [3.63, 3.8) is 0 Å². The molecule has 2 N–H and O–H groups in total. The zero-order valence-corrected chi connectivity index (χ0v) is 21.0. The Morgan fingerprint density at radius 2 is 1.41 bits per heavy atom. The summed E-state index contributed by atoms with van der Waals surface area (Å²) in [5, 5.41) is 0. The van der Waals surface area contributed by atoms with Crippen molar-refractivity contribution >= 4 is 22.1 Å². The maximum atomic E-state index is 12.8. The molecule has 0 amide bonds. The topological polar surface area (TPSA) is 122 Å². The molecule has 8 nitrogen and oxygen atoms in total. The van der Waals surface area contributed by atoms with Gasteiger partial charge in [-0.15, -0.1) is 0 Å². The first kappa shape index (κ1) is 28.1. The van der Waals surface area contributed by atoms with Gasteiger partial charge in [0.25, 0.3) is 10.1 Å². The van der Waals surface area contributed by atoms with E-state index >= 15 is 0 Å². The molecule has 1 atom stereocenters. The van der Waals surface area contributed by atoms with Gasteiger partial charge in [0.2, 0.25) is 0 Å². The van der Waals surface area contributed by atoms with Crippen LogP contribution in [0.2, 0.25) is 0 Å². The molecule has 0 bridgehead atoms. The van der Waals surface area contributed by atoms with Gasteiger partial charge in [0.15, 0.2) is 11.5 Å². The Morgan fingerprint density at radius 1 is 0.938 bits per heavy atom. The molecule has 1 aromatic rings. The number of carbonyl (C=O) groups is 2. The SMILES string of the molecule is CCCC(C)(C)C(=O)Oc1ccc(C(CN)OS(C)(=O)=O)cc1OC(=O)C(C)(C)CCC. The number of carbonyl (C=O) groups excluding carboxylic acids is 2. The summed E-state index contributed by atoms with van der Waals surface area (Å²) in [6.45, 7) is 10.9. The van der Waals surface area contributed by atoms with Gasteiger partial charge >= 0.3 is 11.9 Å². The first-order chi connectivity index (χ1) is 14.7. The van der Waals surface area contributed by atoms with Crippen molar-refractivity contribution < 1.29 is 31.7 Å². The number of nitrogens with two attached hydrogens (primary N) is 1. The second-order valence-electron chi connectivity index (χ2n) is 9.28. The van der Waals surface area contributed by atoms with Gasteiger partial charge in [0.05, 0.1) is 17.1 Å². The average Bonchev–Trinajstić information content (AvgIpc) is 2.66. The maximum absolute atomic E-state index is 12.8. The molecule has 0 aromatic heterocycles. The quantitative estimate of drug-likeness (QED) is 0.274. The Morgan fingerprint density at radius 3 is 1.81 bits per heavy atom. The van der Waals surface area contributed by atoms with E-state index in [9.17, 15) is 18.0 Å². The molecule has 32 heavy (non-hydrogen) atoms. The monoisotopic (exact) mass is 471 g/mol. The number of hydrogen-bond donors (Lipinski definition) is 1.